The third-order valence-electron chi connectivity index (χ3n) is 3.74. The highest BCUT2D eigenvalue weighted by atomic mass is 32.1. The van der Waals surface area contributed by atoms with Gasteiger partial charge in [-0.3, -0.25) is 9.59 Å². The van der Waals surface area contributed by atoms with Crippen molar-refractivity contribution in [3.63, 3.8) is 0 Å². The highest BCUT2D eigenvalue weighted by Gasteiger charge is 2.32. The molecule has 2 N–H and O–H groups in total. The maximum atomic E-state index is 12.5. The van der Waals surface area contributed by atoms with Gasteiger partial charge in [-0.25, -0.2) is 0 Å². The zero-order valence-electron chi connectivity index (χ0n) is 15.0. The van der Waals surface area contributed by atoms with Crippen molar-refractivity contribution in [2.45, 2.75) is 19.8 Å². The van der Waals surface area contributed by atoms with Crippen molar-refractivity contribution < 1.29 is 31.9 Å². The average Bonchev–Trinajstić information content (AvgIpc) is 3.29. The van der Waals surface area contributed by atoms with Gasteiger partial charge in [0.25, 0.3) is 11.8 Å². The number of rotatable bonds is 6. The summed E-state index contributed by atoms with van der Waals surface area (Å²) in [7, 11) is 0. The standard InChI is InChI=1S/C19H15F3N2O4S/c1-11-9-15(24-17(25)14-7-4-8-27-14)29-16(11)18(26)23-10-12-5-2-3-6-13(12)28-19(20,21)22/h2-9H,10H2,1H3,(H,23,26)(H,24,25). The number of alkyl halides is 3. The van der Waals surface area contributed by atoms with Crippen LogP contribution < -0.4 is 15.4 Å². The zero-order valence-corrected chi connectivity index (χ0v) is 15.8. The van der Waals surface area contributed by atoms with Crippen molar-refractivity contribution in [3.8, 4) is 5.75 Å². The number of anilines is 1. The van der Waals surface area contributed by atoms with Gasteiger partial charge < -0.3 is 19.8 Å². The van der Waals surface area contributed by atoms with Crippen LogP contribution in [0.1, 0.15) is 31.4 Å². The lowest BCUT2D eigenvalue weighted by molar-refractivity contribution is -0.274. The number of nitrogens with one attached hydrogen (secondary N) is 2. The van der Waals surface area contributed by atoms with Crippen molar-refractivity contribution >= 4 is 28.2 Å². The van der Waals surface area contributed by atoms with E-state index in [4.69, 9.17) is 4.42 Å². The number of amides is 2. The second-order valence-electron chi connectivity index (χ2n) is 5.89. The van der Waals surface area contributed by atoms with Gasteiger partial charge in [0.15, 0.2) is 5.76 Å². The van der Waals surface area contributed by atoms with E-state index in [1.807, 2.05) is 0 Å². The summed E-state index contributed by atoms with van der Waals surface area (Å²) in [6.07, 6.45) is -3.46. The number of thiophene rings is 1. The summed E-state index contributed by atoms with van der Waals surface area (Å²) >= 11 is 1.05. The first-order valence-electron chi connectivity index (χ1n) is 8.30. The van der Waals surface area contributed by atoms with Crippen molar-refractivity contribution in [1.29, 1.82) is 0 Å². The molecule has 0 fully saturated rings. The Morgan fingerprint density at radius 2 is 1.90 bits per heavy atom. The van der Waals surface area contributed by atoms with Crippen molar-refractivity contribution in [2.75, 3.05) is 5.32 Å². The normalized spacial score (nSPS) is 11.2. The van der Waals surface area contributed by atoms with Crippen LogP contribution in [-0.4, -0.2) is 18.2 Å². The smallest absolute Gasteiger partial charge is 0.459 e. The Morgan fingerprint density at radius 3 is 2.59 bits per heavy atom. The van der Waals surface area contributed by atoms with Crippen molar-refractivity contribution in [3.05, 3.63) is 70.5 Å². The van der Waals surface area contributed by atoms with Crippen LogP contribution in [0, 0.1) is 6.92 Å². The summed E-state index contributed by atoms with van der Waals surface area (Å²) in [6.45, 7) is 1.53. The van der Waals surface area contributed by atoms with Gasteiger partial charge in [0.2, 0.25) is 0 Å². The van der Waals surface area contributed by atoms with E-state index >= 15 is 0 Å². The topological polar surface area (TPSA) is 80.6 Å². The molecule has 2 heterocycles. The SMILES string of the molecule is Cc1cc(NC(=O)c2ccco2)sc1C(=O)NCc1ccccc1OC(F)(F)F. The van der Waals surface area contributed by atoms with Gasteiger partial charge in [-0.2, -0.15) is 0 Å². The van der Waals surface area contributed by atoms with Crippen LogP contribution in [0.5, 0.6) is 5.75 Å². The summed E-state index contributed by atoms with van der Waals surface area (Å²) in [6, 6.07) is 10.3. The number of carbonyl (C=O) groups is 2. The number of halogens is 3. The number of benzene rings is 1. The van der Waals surface area contributed by atoms with Gasteiger partial charge in [-0.05, 0) is 36.8 Å². The van der Waals surface area contributed by atoms with Crippen LogP contribution in [0.4, 0.5) is 18.2 Å². The Morgan fingerprint density at radius 1 is 1.14 bits per heavy atom. The van der Waals surface area contributed by atoms with Crippen LogP contribution in [-0.2, 0) is 6.54 Å². The molecule has 152 valence electrons. The van der Waals surface area contributed by atoms with E-state index in [0.29, 0.717) is 15.4 Å². The van der Waals surface area contributed by atoms with Gasteiger partial charge in [-0.15, -0.1) is 24.5 Å². The zero-order chi connectivity index (χ0) is 21.0. The summed E-state index contributed by atoms with van der Waals surface area (Å²) in [4.78, 5) is 24.8. The Kier molecular flexibility index (Phi) is 5.92. The Hall–Kier alpha value is -3.27. The van der Waals surface area contributed by atoms with Crippen LogP contribution in [0.15, 0.2) is 53.1 Å². The van der Waals surface area contributed by atoms with Crippen LogP contribution in [0.3, 0.4) is 0 Å². The Balaban J connectivity index is 1.66. The maximum absolute atomic E-state index is 12.5. The predicted molar refractivity (Wildman–Crippen MR) is 100 cm³/mol. The number of hydrogen-bond acceptors (Lipinski definition) is 5. The molecule has 0 saturated heterocycles. The lowest BCUT2D eigenvalue weighted by Crippen LogP contribution is -2.24. The fraction of sp³-hybridized carbons (Fsp3) is 0.158. The van der Waals surface area contributed by atoms with E-state index < -0.39 is 18.2 Å². The first-order valence-corrected chi connectivity index (χ1v) is 9.12. The molecule has 0 saturated carbocycles. The fourth-order valence-electron chi connectivity index (χ4n) is 2.48. The first-order chi connectivity index (χ1) is 13.7. The average molecular weight is 424 g/mol. The highest BCUT2D eigenvalue weighted by molar-refractivity contribution is 7.18. The van der Waals surface area contributed by atoms with Crippen LogP contribution >= 0.6 is 11.3 Å². The lowest BCUT2D eigenvalue weighted by Gasteiger charge is -2.13. The quantitative estimate of drug-likeness (QED) is 0.600. The second kappa shape index (κ2) is 8.39. The van der Waals surface area contributed by atoms with Crippen molar-refractivity contribution in [2.24, 2.45) is 0 Å². The number of hydrogen-bond donors (Lipinski definition) is 2. The van der Waals surface area contributed by atoms with E-state index in [-0.39, 0.29) is 23.6 Å². The number of furan rings is 1. The minimum atomic E-state index is -4.83. The molecule has 0 radical (unpaired) electrons. The molecule has 0 spiro atoms. The molecule has 0 bridgehead atoms. The van der Waals surface area contributed by atoms with E-state index in [1.54, 1.807) is 25.1 Å². The highest BCUT2D eigenvalue weighted by Crippen LogP contribution is 2.28. The summed E-state index contributed by atoms with van der Waals surface area (Å²) in [5, 5.41) is 5.64. The molecule has 2 amide bonds. The molecule has 6 nitrogen and oxygen atoms in total. The molecule has 0 aliphatic rings. The monoisotopic (exact) mass is 424 g/mol. The van der Waals surface area contributed by atoms with E-state index in [0.717, 1.165) is 11.3 Å². The minimum absolute atomic E-state index is 0.128. The molecular formula is C19H15F3N2O4S. The van der Waals surface area contributed by atoms with Gasteiger partial charge in [0.05, 0.1) is 16.1 Å². The maximum Gasteiger partial charge on any atom is 0.573 e. The summed E-state index contributed by atoms with van der Waals surface area (Å²) in [5.74, 6) is -1.19. The summed E-state index contributed by atoms with van der Waals surface area (Å²) < 4.78 is 46.5. The van der Waals surface area contributed by atoms with Gasteiger partial charge in [0.1, 0.15) is 5.75 Å². The van der Waals surface area contributed by atoms with Crippen molar-refractivity contribution in [1.82, 2.24) is 5.32 Å². The molecule has 10 heteroatoms. The Bertz CT molecular complexity index is 1010. The van der Waals surface area contributed by atoms with Crippen LogP contribution in [0.25, 0.3) is 0 Å². The van der Waals surface area contributed by atoms with E-state index in [2.05, 4.69) is 15.4 Å². The minimum Gasteiger partial charge on any atom is -0.459 e. The number of carbonyl (C=O) groups excluding carboxylic acids is 2. The van der Waals surface area contributed by atoms with Gasteiger partial charge in [0, 0.05) is 12.1 Å². The summed E-state index contributed by atoms with van der Waals surface area (Å²) in [5.41, 5.74) is 0.792. The molecule has 3 rings (SSSR count). The number of ether oxygens (including phenoxy) is 1. The molecule has 3 aromatic rings. The fourth-order valence-corrected chi connectivity index (χ4v) is 3.46. The number of para-hydroxylation sites is 1. The third-order valence-corrected chi connectivity index (χ3v) is 4.89. The third kappa shape index (κ3) is 5.38. The van der Waals surface area contributed by atoms with Gasteiger partial charge >= 0.3 is 6.36 Å². The molecule has 0 unspecified atom stereocenters. The van der Waals surface area contributed by atoms with Crippen LogP contribution in [0.2, 0.25) is 0 Å². The molecule has 29 heavy (non-hydrogen) atoms. The van der Waals surface area contributed by atoms with E-state index in [9.17, 15) is 22.8 Å². The predicted octanol–water partition coefficient (Wildman–Crippen LogP) is 4.73. The van der Waals surface area contributed by atoms with E-state index in [1.165, 1.54) is 30.5 Å². The molecule has 0 aliphatic heterocycles. The number of aryl methyl sites for hydroxylation is 1. The molecule has 0 atom stereocenters. The molecule has 0 aliphatic carbocycles. The lowest BCUT2D eigenvalue weighted by atomic mass is 10.2. The van der Waals surface area contributed by atoms with Gasteiger partial charge in [-0.1, -0.05) is 18.2 Å². The molecule has 2 aromatic heterocycles. The second-order valence-corrected chi connectivity index (χ2v) is 6.94. The Labute approximate surface area is 167 Å². The first kappa shape index (κ1) is 20.5. The largest absolute Gasteiger partial charge is 0.573 e. The molecule has 1 aromatic carbocycles. The molecular weight excluding hydrogens is 409 g/mol.